The van der Waals surface area contributed by atoms with E-state index in [4.69, 9.17) is 0 Å². The minimum absolute atomic E-state index is 0.271. The number of hydrogen-bond donors (Lipinski definition) is 0. The fraction of sp³-hybridized carbons (Fsp3) is 0. The Morgan fingerprint density at radius 3 is 2.38 bits per heavy atom. The molecule has 0 spiro atoms. The zero-order valence-corrected chi connectivity index (χ0v) is 4.76. The standard InChI is InChI=1S/C4H3N2OS/c7-8-4-5-2-1-3-6-4/h1-3H/q+1. The van der Waals surface area contributed by atoms with Gasteiger partial charge in [-0.1, -0.05) is 0 Å². The Labute approximate surface area is 50.3 Å². The van der Waals surface area contributed by atoms with Gasteiger partial charge in [-0.25, -0.2) is 0 Å². The van der Waals surface area contributed by atoms with E-state index >= 15 is 0 Å². The molecule has 40 valence electrons. The maximum Gasteiger partial charge on any atom is 0.550 e. The van der Waals surface area contributed by atoms with Crippen LogP contribution in [0.15, 0.2) is 23.6 Å². The van der Waals surface area contributed by atoms with Crippen LogP contribution in [0.1, 0.15) is 0 Å². The van der Waals surface area contributed by atoms with Crippen molar-refractivity contribution in [1.29, 1.82) is 0 Å². The van der Waals surface area contributed by atoms with Gasteiger partial charge in [0.05, 0.1) is 0 Å². The second-order valence-electron chi connectivity index (χ2n) is 1.11. The third-order valence-electron chi connectivity index (χ3n) is 0.617. The first kappa shape index (κ1) is 5.24. The van der Waals surface area contributed by atoms with Crippen LogP contribution in [0.3, 0.4) is 0 Å². The van der Waals surface area contributed by atoms with E-state index in [1.165, 1.54) is 12.4 Å². The molecule has 0 aliphatic heterocycles. The largest absolute Gasteiger partial charge is 0.550 e. The van der Waals surface area contributed by atoms with Gasteiger partial charge in [-0.05, 0) is 6.07 Å². The van der Waals surface area contributed by atoms with E-state index in [2.05, 4.69) is 9.97 Å². The molecule has 0 atom stereocenters. The van der Waals surface area contributed by atoms with Crippen molar-refractivity contribution in [2.75, 3.05) is 0 Å². The zero-order valence-electron chi connectivity index (χ0n) is 3.94. The van der Waals surface area contributed by atoms with Crippen LogP contribution in [0.2, 0.25) is 0 Å². The molecule has 0 radical (unpaired) electrons. The minimum atomic E-state index is 0.271. The molecule has 1 aromatic heterocycles. The lowest BCUT2D eigenvalue weighted by Gasteiger charge is -1.69. The molecule has 0 saturated heterocycles. The number of aromatic nitrogens is 2. The van der Waals surface area contributed by atoms with E-state index in [1.54, 1.807) is 6.07 Å². The first-order chi connectivity index (χ1) is 3.93. The summed E-state index contributed by atoms with van der Waals surface area (Å²) in [5.74, 6) is 0. The molecule has 0 saturated carbocycles. The Morgan fingerprint density at radius 1 is 1.38 bits per heavy atom. The fourth-order valence-corrected chi connectivity index (χ4v) is 0.536. The highest BCUT2D eigenvalue weighted by atomic mass is 32.1. The van der Waals surface area contributed by atoms with Crippen molar-refractivity contribution >= 4 is 11.7 Å². The van der Waals surface area contributed by atoms with Crippen LogP contribution in [0.4, 0.5) is 0 Å². The normalized spacial score (nSPS) is 8.50. The van der Waals surface area contributed by atoms with Crippen molar-refractivity contribution in [3.63, 3.8) is 0 Å². The molecule has 0 amide bonds. The average Bonchev–Trinajstić information content (AvgIpc) is 1.90. The highest BCUT2D eigenvalue weighted by Crippen LogP contribution is 1.82. The van der Waals surface area contributed by atoms with Crippen molar-refractivity contribution in [3.8, 4) is 0 Å². The highest BCUT2D eigenvalue weighted by Gasteiger charge is 2.05. The van der Waals surface area contributed by atoms with Crippen LogP contribution in [-0.4, -0.2) is 9.97 Å². The summed E-state index contributed by atoms with van der Waals surface area (Å²) in [6.45, 7) is 0. The van der Waals surface area contributed by atoms with Crippen LogP contribution in [0.5, 0.6) is 0 Å². The van der Waals surface area contributed by atoms with Gasteiger partial charge in [0.2, 0.25) is 0 Å². The topological polar surface area (TPSA) is 42.9 Å². The molecule has 1 heterocycles. The maximum absolute atomic E-state index is 9.92. The molecule has 1 rings (SSSR count). The van der Waals surface area contributed by atoms with Crippen LogP contribution in [0, 0.1) is 0 Å². The van der Waals surface area contributed by atoms with E-state index in [9.17, 15) is 4.21 Å². The zero-order chi connectivity index (χ0) is 5.82. The molecule has 0 aliphatic carbocycles. The molecule has 3 nitrogen and oxygen atoms in total. The predicted octanol–water partition coefficient (Wildman–Crippen LogP) is 0.264. The molecule has 0 fully saturated rings. The summed E-state index contributed by atoms with van der Waals surface area (Å²) < 4.78 is 9.92. The molecule has 1 aromatic rings. The summed E-state index contributed by atoms with van der Waals surface area (Å²) >= 11 is 0.297. The van der Waals surface area contributed by atoms with E-state index in [-0.39, 0.29) is 5.16 Å². The lowest BCUT2D eigenvalue weighted by Crippen LogP contribution is -1.82. The van der Waals surface area contributed by atoms with Crippen molar-refractivity contribution in [2.45, 2.75) is 5.16 Å². The monoisotopic (exact) mass is 127 g/mol. The van der Waals surface area contributed by atoms with Crippen LogP contribution < -0.4 is 0 Å². The highest BCUT2D eigenvalue weighted by molar-refractivity contribution is 7.65. The Hall–Kier alpha value is -0.900. The quantitative estimate of drug-likeness (QED) is 0.401. The predicted molar refractivity (Wildman–Crippen MR) is 28.3 cm³/mol. The van der Waals surface area contributed by atoms with Crippen LogP contribution in [0.25, 0.3) is 0 Å². The van der Waals surface area contributed by atoms with Crippen molar-refractivity contribution < 1.29 is 4.21 Å². The second-order valence-corrected chi connectivity index (χ2v) is 1.65. The van der Waals surface area contributed by atoms with Gasteiger partial charge in [-0.15, -0.1) is 0 Å². The summed E-state index contributed by atoms with van der Waals surface area (Å²) in [5, 5.41) is 0.271. The maximum atomic E-state index is 9.92. The summed E-state index contributed by atoms with van der Waals surface area (Å²) in [5.41, 5.74) is 0. The number of rotatable bonds is 1. The third kappa shape index (κ3) is 1.04. The Morgan fingerprint density at radius 2 is 2.00 bits per heavy atom. The Kier molecular flexibility index (Phi) is 1.58. The van der Waals surface area contributed by atoms with Gasteiger partial charge in [0.15, 0.2) is 0 Å². The second kappa shape index (κ2) is 2.42. The smallest absolute Gasteiger partial charge is 0.179 e. The van der Waals surface area contributed by atoms with E-state index in [1.807, 2.05) is 0 Å². The van der Waals surface area contributed by atoms with E-state index in [0.717, 1.165) is 0 Å². The lowest BCUT2D eigenvalue weighted by molar-refractivity contribution is 0.601. The summed E-state index contributed by atoms with van der Waals surface area (Å²) in [6, 6.07) is 1.67. The molecule has 8 heavy (non-hydrogen) atoms. The van der Waals surface area contributed by atoms with Gasteiger partial charge in [0, 0.05) is 16.6 Å². The van der Waals surface area contributed by atoms with Gasteiger partial charge in [0.25, 0.3) is 0 Å². The van der Waals surface area contributed by atoms with Crippen molar-refractivity contribution in [3.05, 3.63) is 18.5 Å². The average molecular weight is 127 g/mol. The summed E-state index contributed by atoms with van der Waals surface area (Å²) in [7, 11) is 0. The van der Waals surface area contributed by atoms with Crippen molar-refractivity contribution in [1.82, 2.24) is 9.97 Å². The molecule has 0 unspecified atom stereocenters. The first-order valence-electron chi connectivity index (χ1n) is 2.00. The van der Waals surface area contributed by atoms with Gasteiger partial charge in [0.1, 0.15) is 0 Å². The molecule has 0 aromatic carbocycles. The van der Waals surface area contributed by atoms with Crippen LogP contribution in [-0.2, 0) is 15.9 Å². The SMILES string of the molecule is O=[S+]c1ncccn1. The molecular formula is C4H3N2OS+. The Balaban J connectivity index is 2.99. The lowest BCUT2D eigenvalue weighted by atomic mass is 10.7. The molecule has 0 bridgehead atoms. The molecule has 0 aliphatic rings. The summed E-state index contributed by atoms with van der Waals surface area (Å²) in [4.78, 5) is 7.27. The fourth-order valence-electron chi connectivity index (χ4n) is 0.328. The van der Waals surface area contributed by atoms with Crippen molar-refractivity contribution in [2.24, 2.45) is 0 Å². The molecule has 0 N–H and O–H groups in total. The summed E-state index contributed by atoms with van der Waals surface area (Å²) in [6.07, 6.45) is 3.07. The number of nitrogens with zero attached hydrogens (tertiary/aromatic N) is 2. The molecular weight excluding hydrogens is 124 g/mol. The van der Waals surface area contributed by atoms with Gasteiger partial charge < -0.3 is 0 Å². The first-order valence-corrected chi connectivity index (χ1v) is 2.74. The number of hydrogen-bond acceptors (Lipinski definition) is 3. The third-order valence-corrected chi connectivity index (χ3v) is 0.977. The van der Waals surface area contributed by atoms with Gasteiger partial charge >= 0.3 is 16.8 Å². The Bertz CT molecular complexity index is 177. The molecule has 4 heteroatoms. The van der Waals surface area contributed by atoms with E-state index < -0.39 is 0 Å². The van der Waals surface area contributed by atoms with Crippen LogP contribution >= 0.6 is 0 Å². The minimum Gasteiger partial charge on any atom is -0.179 e. The van der Waals surface area contributed by atoms with E-state index in [0.29, 0.717) is 11.7 Å². The van der Waals surface area contributed by atoms with Gasteiger partial charge in [-0.3, -0.25) is 0 Å². The van der Waals surface area contributed by atoms with Gasteiger partial charge in [-0.2, -0.15) is 9.97 Å².